The summed E-state index contributed by atoms with van der Waals surface area (Å²) in [4.78, 5) is 45.3. The largest absolute Gasteiger partial charge is 0.384 e. The smallest absolute Gasteiger partial charge is 0.320 e. The van der Waals surface area contributed by atoms with Crippen LogP contribution in [0.15, 0.2) is 0 Å². The van der Waals surface area contributed by atoms with E-state index in [4.69, 9.17) is 4.74 Å². The number of hydrogen-bond donors (Lipinski definition) is 0. The molecule has 2 bridgehead atoms. The Hall–Kier alpha value is -1.83. The van der Waals surface area contributed by atoms with Crippen LogP contribution < -0.4 is 0 Å². The summed E-state index contributed by atoms with van der Waals surface area (Å²) in [6.45, 7) is 5.14. The number of ether oxygens (including phenoxy) is 1. The van der Waals surface area contributed by atoms with Gasteiger partial charge in [0.15, 0.2) is 0 Å². The van der Waals surface area contributed by atoms with Crippen LogP contribution in [0, 0.1) is 11.8 Å². The molecule has 4 fully saturated rings. The van der Waals surface area contributed by atoms with Gasteiger partial charge in [0.2, 0.25) is 11.8 Å². The summed E-state index contributed by atoms with van der Waals surface area (Å²) < 4.78 is 4.98. The number of likely N-dealkylation sites (tertiary alicyclic amines) is 1. The van der Waals surface area contributed by atoms with Gasteiger partial charge in [0, 0.05) is 65.4 Å². The molecule has 0 spiro atoms. The molecule has 8 heteroatoms. The summed E-state index contributed by atoms with van der Waals surface area (Å²) in [5.74, 6) is 1.22. The predicted molar refractivity (Wildman–Crippen MR) is 103 cm³/mol. The number of methoxy groups -OCH3 is 1. The summed E-state index contributed by atoms with van der Waals surface area (Å²) in [6.07, 6.45) is 4.28. The van der Waals surface area contributed by atoms with Gasteiger partial charge in [-0.2, -0.15) is 0 Å². The molecular formula is C20H32N4O4. The van der Waals surface area contributed by atoms with Crippen LogP contribution in [0.2, 0.25) is 0 Å². The number of piperazine rings is 1. The van der Waals surface area contributed by atoms with Crippen molar-refractivity contribution in [2.45, 2.75) is 38.1 Å². The Morgan fingerprint density at radius 3 is 2.54 bits per heavy atom. The van der Waals surface area contributed by atoms with Gasteiger partial charge >= 0.3 is 6.03 Å². The van der Waals surface area contributed by atoms with Gasteiger partial charge in [-0.05, 0) is 31.1 Å². The van der Waals surface area contributed by atoms with Gasteiger partial charge in [-0.3, -0.25) is 9.59 Å². The SMILES string of the molecule is COCCC(=O)N1CCN(C(=O)N2C[C@H]3C[C@H](C2)[C@H]2CCCC(=O)N2C3)CC1. The van der Waals surface area contributed by atoms with Crippen molar-refractivity contribution in [2.75, 3.05) is 59.5 Å². The van der Waals surface area contributed by atoms with E-state index in [0.29, 0.717) is 69.4 Å². The van der Waals surface area contributed by atoms with Crippen molar-refractivity contribution < 1.29 is 19.1 Å². The Bertz CT molecular complexity index is 619. The van der Waals surface area contributed by atoms with Gasteiger partial charge in [-0.15, -0.1) is 0 Å². The fourth-order valence-corrected chi connectivity index (χ4v) is 5.46. The van der Waals surface area contributed by atoms with Crippen LogP contribution in [-0.2, 0) is 14.3 Å². The number of carbonyl (C=O) groups excluding carboxylic acids is 3. The molecule has 4 heterocycles. The molecule has 0 N–H and O–H groups in total. The molecule has 4 rings (SSSR count). The second-order valence-corrected chi connectivity index (χ2v) is 8.67. The van der Waals surface area contributed by atoms with E-state index in [2.05, 4.69) is 4.90 Å². The first-order chi connectivity index (χ1) is 13.6. The van der Waals surface area contributed by atoms with Crippen LogP contribution in [0.25, 0.3) is 0 Å². The van der Waals surface area contributed by atoms with E-state index in [-0.39, 0.29) is 11.9 Å². The maximum absolute atomic E-state index is 13.1. The van der Waals surface area contributed by atoms with E-state index in [1.54, 1.807) is 7.11 Å². The Kier molecular flexibility index (Phi) is 5.75. The number of hydrogen-bond acceptors (Lipinski definition) is 4. The number of urea groups is 1. The normalized spacial score (nSPS) is 30.3. The van der Waals surface area contributed by atoms with E-state index in [1.807, 2.05) is 14.7 Å². The summed E-state index contributed by atoms with van der Waals surface area (Å²) in [6, 6.07) is 0.428. The Balaban J connectivity index is 1.32. The van der Waals surface area contributed by atoms with Gasteiger partial charge in [-0.25, -0.2) is 4.79 Å². The second kappa shape index (κ2) is 8.27. The molecule has 0 aromatic carbocycles. The van der Waals surface area contributed by atoms with E-state index in [0.717, 1.165) is 38.9 Å². The maximum atomic E-state index is 13.1. The Morgan fingerprint density at radius 1 is 1.04 bits per heavy atom. The zero-order chi connectivity index (χ0) is 19.7. The lowest BCUT2D eigenvalue weighted by Gasteiger charge is -2.53. The quantitative estimate of drug-likeness (QED) is 0.706. The lowest BCUT2D eigenvalue weighted by atomic mass is 9.76. The van der Waals surface area contributed by atoms with E-state index in [9.17, 15) is 14.4 Å². The topological polar surface area (TPSA) is 73.4 Å². The van der Waals surface area contributed by atoms with Crippen molar-refractivity contribution in [1.82, 2.24) is 19.6 Å². The van der Waals surface area contributed by atoms with Crippen molar-refractivity contribution in [3.63, 3.8) is 0 Å². The first-order valence-corrected chi connectivity index (χ1v) is 10.7. The molecule has 4 saturated heterocycles. The highest BCUT2D eigenvalue weighted by atomic mass is 16.5. The lowest BCUT2D eigenvalue weighted by molar-refractivity contribution is -0.144. The molecule has 8 nitrogen and oxygen atoms in total. The molecule has 0 unspecified atom stereocenters. The highest BCUT2D eigenvalue weighted by Gasteiger charge is 2.45. The van der Waals surface area contributed by atoms with Crippen molar-refractivity contribution >= 4 is 17.8 Å². The molecule has 0 radical (unpaired) electrons. The van der Waals surface area contributed by atoms with E-state index in [1.165, 1.54) is 0 Å². The third-order valence-corrected chi connectivity index (χ3v) is 6.87. The molecule has 0 aromatic rings. The van der Waals surface area contributed by atoms with Crippen LogP contribution in [0.4, 0.5) is 4.79 Å². The molecule has 28 heavy (non-hydrogen) atoms. The third-order valence-electron chi connectivity index (χ3n) is 6.87. The molecule has 3 atom stereocenters. The Labute approximate surface area is 166 Å². The number of fused-ring (bicyclic) bond motifs is 4. The van der Waals surface area contributed by atoms with Crippen molar-refractivity contribution in [2.24, 2.45) is 11.8 Å². The summed E-state index contributed by atoms with van der Waals surface area (Å²) in [5, 5.41) is 0. The average Bonchev–Trinajstić information content (AvgIpc) is 2.72. The number of rotatable bonds is 3. The molecule has 0 aliphatic carbocycles. The first kappa shape index (κ1) is 19.5. The molecule has 156 valence electrons. The molecule has 0 aromatic heterocycles. The van der Waals surface area contributed by atoms with Gasteiger partial charge < -0.3 is 24.3 Å². The minimum absolute atomic E-state index is 0.100. The average molecular weight is 393 g/mol. The Morgan fingerprint density at radius 2 is 1.79 bits per heavy atom. The van der Waals surface area contributed by atoms with Gasteiger partial charge in [-0.1, -0.05) is 0 Å². The van der Waals surface area contributed by atoms with Crippen LogP contribution >= 0.6 is 0 Å². The summed E-state index contributed by atoms with van der Waals surface area (Å²) >= 11 is 0. The van der Waals surface area contributed by atoms with Gasteiger partial charge in [0.05, 0.1) is 13.0 Å². The van der Waals surface area contributed by atoms with Crippen molar-refractivity contribution in [3.05, 3.63) is 0 Å². The second-order valence-electron chi connectivity index (χ2n) is 8.67. The molecule has 0 saturated carbocycles. The number of amides is 4. The summed E-state index contributed by atoms with van der Waals surface area (Å²) in [5.41, 5.74) is 0. The number of carbonyl (C=O) groups is 3. The number of nitrogens with zero attached hydrogens (tertiary/aromatic N) is 4. The predicted octanol–water partition coefficient (Wildman–Crippen LogP) is 0.620. The number of piperidine rings is 3. The standard InChI is InChI=1S/C20H32N4O4/c1-28-10-5-18(25)21-6-8-22(9-7-21)20(27)23-12-15-11-16(14-23)17-3-2-4-19(26)24(17)13-15/h15-17H,2-14H2,1H3/t15-,16-,17-/m1/s1. The van der Waals surface area contributed by atoms with Gasteiger partial charge in [0.25, 0.3) is 0 Å². The first-order valence-electron chi connectivity index (χ1n) is 10.7. The van der Waals surface area contributed by atoms with Crippen molar-refractivity contribution in [3.8, 4) is 0 Å². The van der Waals surface area contributed by atoms with Crippen LogP contribution in [-0.4, -0.2) is 103 Å². The third kappa shape index (κ3) is 3.83. The monoisotopic (exact) mass is 392 g/mol. The fraction of sp³-hybridized carbons (Fsp3) is 0.850. The van der Waals surface area contributed by atoms with Gasteiger partial charge in [0.1, 0.15) is 0 Å². The van der Waals surface area contributed by atoms with Crippen LogP contribution in [0.5, 0.6) is 0 Å². The lowest BCUT2D eigenvalue weighted by Crippen LogP contribution is -2.63. The minimum atomic E-state index is 0.100. The van der Waals surface area contributed by atoms with Crippen LogP contribution in [0.1, 0.15) is 32.1 Å². The zero-order valence-corrected chi connectivity index (χ0v) is 16.8. The van der Waals surface area contributed by atoms with Crippen LogP contribution in [0.3, 0.4) is 0 Å². The maximum Gasteiger partial charge on any atom is 0.320 e. The highest BCUT2D eigenvalue weighted by Crippen LogP contribution is 2.38. The molecule has 4 amide bonds. The fourth-order valence-electron chi connectivity index (χ4n) is 5.46. The van der Waals surface area contributed by atoms with E-state index >= 15 is 0 Å². The molecule has 4 aliphatic heterocycles. The molecular weight excluding hydrogens is 360 g/mol. The van der Waals surface area contributed by atoms with E-state index < -0.39 is 0 Å². The minimum Gasteiger partial charge on any atom is -0.384 e. The molecule has 4 aliphatic rings. The zero-order valence-electron chi connectivity index (χ0n) is 16.8. The summed E-state index contributed by atoms with van der Waals surface area (Å²) in [7, 11) is 1.60. The highest BCUT2D eigenvalue weighted by molar-refractivity contribution is 5.79. The van der Waals surface area contributed by atoms with Crippen molar-refractivity contribution in [1.29, 1.82) is 0 Å².